The maximum absolute atomic E-state index is 12.1. The molecule has 9 heteroatoms. The molecule has 1 aromatic heterocycles. The third-order valence-electron chi connectivity index (χ3n) is 4.28. The molecule has 0 atom stereocenters. The predicted octanol–water partition coefficient (Wildman–Crippen LogP) is 3.79. The van der Waals surface area contributed by atoms with Gasteiger partial charge in [0.1, 0.15) is 0 Å². The minimum atomic E-state index is -1.20. The second-order valence-electron chi connectivity index (χ2n) is 6.44. The minimum absolute atomic E-state index is 0.0443. The quantitative estimate of drug-likeness (QED) is 0.337. The van der Waals surface area contributed by atoms with E-state index in [0.29, 0.717) is 17.4 Å². The van der Waals surface area contributed by atoms with Crippen LogP contribution in [0.2, 0.25) is 0 Å². The summed E-state index contributed by atoms with van der Waals surface area (Å²) < 4.78 is 1.55. The standard InChI is InChI=1S/C21H18N4O5/c1-3-9-25-16-8-7-12(2)10-15(16)17(20(25)28)23-24-19(27)18(26)22-14-6-4-5-13(11-14)21(29)30/h3-8,10-11,28H,1,9H2,2H3,(H,22,26)(H,29,30). The Hall–Kier alpha value is -4.27. The molecule has 0 spiro atoms. The number of carbonyl (C=O) groups excluding carboxylic acids is 2. The van der Waals surface area contributed by atoms with Gasteiger partial charge < -0.3 is 20.1 Å². The van der Waals surface area contributed by atoms with Crippen molar-refractivity contribution in [3.63, 3.8) is 0 Å². The molecule has 30 heavy (non-hydrogen) atoms. The smallest absolute Gasteiger partial charge is 0.353 e. The highest BCUT2D eigenvalue weighted by atomic mass is 16.4. The van der Waals surface area contributed by atoms with Crippen molar-refractivity contribution in [2.24, 2.45) is 10.2 Å². The fourth-order valence-corrected chi connectivity index (χ4v) is 2.91. The van der Waals surface area contributed by atoms with E-state index in [4.69, 9.17) is 5.11 Å². The molecule has 0 bridgehead atoms. The Morgan fingerprint density at radius 3 is 2.67 bits per heavy atom. The number of allylic oxidation sites excluding steroid dienone is 1. The van der Waals surface area contributed by atoms with Crippen LogP contribution in [0.3, 0.4) is 0 Å². The number of amides is 2. The van der Waals surface area contributed by atoms with Crippen LogP contribution in [-0.2, 0) is 16.1 Å². The molecular weight excluding hydrogens is 388 g/mol. The zero-order chi connectivity index (χ0) is 21.8. The van der Waals surface area contributed by atoms with E-state index in [-0.39, 0.29) is 22.8 Å². The average molecular weight is 406 g/mol. The molecule has 0 aliphatic carbocycles. The largest absolute Gasteiger partial charge is 0.493 e. The third kappa shape index (κ3) is 4.09. The molecule has 0 aliphatic rings. The number of azo groups is 1. The lowest BCUT2D eigenvalue weighted by Crippen LogP contribution is -2.20. The monoisotopic (exact) mass is 406 g/mol. The van der Waals surface area contributed by atoms with Gasteiger partial charge in [0.15, 0.2) is 5.69 Å². The highest BCUT2D eigenvalue weighted by Gasteiger charge is 2.18. The SMILES string of the molecule is C=CCn1c(O)c(N=NC(=O)C(=O)Nc2cccc(C(=O)O)c2)c2cc(C)ccc21. The number of hydrogen-bond donors (Lipinski definition) is 3. The first-order valence-corrected chi connectivity index (χ1v) is 8.85. The normalized spacial score (nSPS) is 11.0. The maximum atomic E-state index is 12.1. The molecule has 0 aliphatic heterocycles. The second-order valence-corrected chi connectivity index (χ2v) is 6.44. The molecule has 0 fully saturated rings. The maximum Gasteiger partial charge on any atom is 0.353 e. The van der Waals surface area contributed by atoms with Gasteiger partial charge in [-0.15, -0.1) is 16.8 Å². The molecule has 0 saturated heterocycles. The highest BCUT2D eigenvalue weighted by Crippen LogP contribution is 2.39. The van der Waals surface area contributed by atoms with Crippen LogP contribution in [-0.4, -0.2) is 32.6 Å². The summed E-state index contributed by atoms with van der Waals surface area (Å²) in [6.45, 7) is 5.84. The van der Waals surface area contributed by atoms with Crippen molar-refractivity contribution in [3.8, 4) is 5.88 Å². The van der Waals surface area contributed by atoms with Crippen molar-refractivity contribution in [2.45, 2.75) is 13.5 Å². The van der Waals surface area contributed by atoms with E-state index in [9.17, 15) is 19.5 Å². The predicted molar refractivity (Wildman–Crippen MR) is 110 cm³/mol. The number of aromatic hydroxyl groups is 1. The van der Waals surface area contributed by atoms with Crippen LogP contribution in [0, 0.1) is 6.92 Å². The van der Waals surface area contributed by atoms with E-state index in [0.717, 1.165) is 5.56 Å². The fourth-order valence-electron chi connectivity index (χ4n) is 2.91. The number of benzene rings is 2. The number of aromatic nitrogens is 1. The van der Waals surface area contributed by atoms with Gasteiger partial charge in [-0.2, -0.15) is 0 Å². The summed E-state index contributed by atoms with van der Waals surface area (Å²) in [5.41, 5.74) is 1.73. The molecule has 9 nitrogen and oxygen atoms in total. The van der Waals surface area contributed by atoms with Crippen LogP contribution in [0.4, 0.5) is 11.4 Å². The molecule has 1 heterocycles. The van der Waals surface area contributed by atoms with E-state index in [1.165, 1.54) is 24.3 Å². The van der Waals surface area contributed by atoms with Crippen LogP contribution < -0.4 is 5.32 Å². The molecule has 152 valence electrons. The van der Waals surface area contributed by atoms with Crippen molar-refractivity contribution in [1.82, 2.24) is 4.57 Å². The summed E-state index contributed by atoms with van der Waals surface area (Å²) in [6, 6.07) is 10.9. The van der Waals surface area contributed by atoms with Crippen LogP contribution in [0.25, 0.3) is 10.9 Å². The third-order valence-corrected chi connectivity index (χ3v) is 4.28. The van der Waals surface area contributed by atoms with Crippen molar-refractivity contribution in [1.29, 1.82) is 0 Å². The lowest BCUT2D eigenvalue weighted by molar-refractivity contribution is -0.134. The van der Waals surface area contributed by atoms with Crippen molar-refractivity contribution >= 4 is 40.1 Å². The summed E-state index contributed by atoms with van der Waals surface area (Å²) in [5.74, 6) is -3.67. The number of carboxylic acids is 1. The molecule has 0 unspecified atom stereocenters. The number of hydrogen-bond acceptors (Lipinski definition) is 5. The molecule has 3 aromatic rings. The van der Waals surface area contributed by atoms with E-state index < -0.39 is 17.8 Å². The van der Waals surface area contributed by atoms with Gasteiger partial charge in [0.2, 0.25) is 5.88 Å². The Balaban J connectivity index is 1.86. The van der Waals surface area contributed by atoms with Gasteiger partial charge in [-0.1, -0.05) is 23.8 Å². The molecular formula is C21H18N4O5. The molecule has 2 amide bonds. The first-order valence-electron chi connectivity index (χ1n) is 8.85. The van der Waals surface area contributed by atoms with Gasteiger partial charge in [0, 0.05) is 17.6 Å². The van der Waals surface area contributed by atoms with Crippen LogP contribution in [0.15, 0.2) is 65.3 Å². The first kappa shape index (κ1) is 20.5. The van der Waals surface area contributed by atoms with E-state index in [1.807, 2.05) is 13.0 Å². The lowest BCUT2D eigenvalue weighted by atomic mass is 10.1. The number of fused-ring (bicyclic) bond motifs is 1. The zero-order valence-electron chi connectivity index (χ0n) is 16.0. The highest BCUT2D eigenvalue weighted by molar-refractivity contribution is 6.40. The van der Waals surface area contributed by atoms with Gasteiger partial charge >= 0.3 is 17.8 Å². The Labute approximate surface area is 171 Å². The number of nitrogens with one attached hydrogen (secondary N) is 1. The van der Waals surface area contributed by atoms with Gasteiger partial charge in [0.05, 0.1) is 11.1 Å². The van der Waals surface area contributed by atoms with Gasteiger partial charge in [0.25, 0.3) is 0 Å². The van der Waals surface area contributed by atoms with Crippen LogP contribution in [0.1, 0.15) is 15.9 Å². The summed E-state index contributed by atoms with van der Waals surface area (Å²) in [6.07, 6.45) is 1.60. The number of nitrogens with zero attached hydrogens (tertiary/aromatic N) is 3. The number of carboxylic acid groups (broad SMARTS) is 1. The topological polar surface area (TPSA) is 133 Å². The van der Waals surface area contributed by atoms with Crippen molar-refractivity contribution in [2.75, 3.05) is 5.32 Å². The van der Waals surface area contributed by atoms with Crippen molar-refractivity contribution < 1.29 is 24.6 Å². The summed E-state index contributed by atoms with van der Waals surface area (Å²) in [5, 5.41) is 29.6. The average Bonchev–Trinajstić information content (AvgIpc) is 2.97. The molecule has 3 N–H and O–H groups in total. The van der Waals surface area contributed by atoms with Crippen LogP contribution in [0.5, 0.6) is 5.88 Å². The lowest BCUT2D eigenvalue weighted by Gasteiger charge is -2.03. The van der Waals surface area contributed by atoms with Crippen LogP contribution >= 0.6 is 0 Å². The first-order chi connectivity index (χ1) is 14.3. The van der Waals surface area contributed by atoms with Crippen molar-refractivity contribution in [3.05, 3.63) is 66.2 Å². The van der Waals surface area contributed by atoms with E-state index in [2.05, 4.69) is 22.1 Å². The van der Waals surface area contributed by atoms with E-state index >= 15 is 0 Å². The fraction of sp³-hybridized carbons (Fsp3) is 0.0952. The molecule has 2 aromatic carbocycles. The number of rotatable bonds is 5. The second kappa shape index (κ2) is 8.39. The molecule has 0 radical (unpaired) electrons. The Morgan fingerprint density at radius 2 is 1.97 bits per heavy atom. The Morgan fingerprint density at radius 1 is 1.20 bits per heavy atom. The Bertz CT molecular complexity index is 1210. The Kier molecular flexibility index (Phi) is 5.73. The summed E-state index contributed by atoms with van der Waals surface area (Å²) in [7, 11) is 0. The number of aryl methyl sites for hydroxylation is 1. The molecule has 3 rings (SSSR count). The minimum Gasteiger partial charge on any atom is -0.493 e. The summed E-state index contributed by atoms with van der Waals surface area (Å²) in [4.78, 5) is 35.2. The number of anilines is 1. The zero-order valence-corrected chi connectivity index (χ0v) is 16.0. The van der Waals surface area contributed by atoms with E-state index in [1.54, 1.807) is 22.8 Å². The number of carbonyl (C=O) groups is 3. The van der Waals surface area contributed by atoms with Gasteiger partial charge in [-0.05, 0) is 37.3 Å². The summed E-state index contributed by atoms with van der Waals surface area (Å²) >= 11 is 0. The number of aromatic carboxylic acids is 1. The molecule has 0 saturated carbocycles. The van der Waals surface area contributed by atoms with Gasteiger partial charge in [-0.25, -0.2) is 4.79 Å². The van der Waals surface area contributed by atoms with Gasteiger partial charge in [-0.3, -0.25) is 9.59 Å².